The van der Waals surface area contributed by atoms with Crippen molar-refractivity contribution in [2.45, 2.75) is 52.6 Å². The van der Waals surface area contributed by atoms with Gasteiger partial charge in [-0.15, -0.1) is 11.3 Å². The minimum atomic E-state index is -0.340. The van der Waals surface area contributed by atoms with Crippen molar-refractivity contribution in [1.82, 2.24) is 4.98 Å². The van der Waals surface area contributed by atoms with E-state index in [-0.39, 0.29) is 16.9 Å². The molecule has 2 unspecified atom stereocenters. The maximum atomic E-state index is 10.7. The molecule has 102 valence electrons. The van der Waals surface area contributed by atoms with Gasteiger partial charge in [-0.3, -0.25) is 0 Å². The summed E-state index contributed by atoms with van der Waals surface area (Å²) >= 11 is 1.68. The number of aromatic nitrogens is 1. The van der Waals surface area contributed by atoms with Gasteiger partial charge in [0.15, 0.2) is 0 Å². The van der Waals surface area contributed by atoms with Gasteiger partial charge in [0.1, 0.15) is 0 Å². The fourth-order valence-electron chi connectivity index (χ4n) is 3.25. The number of nitrogens with zero attached hydrogens (tertiary/aromatic N) is 1. The third-order valence-electron chi connectivity index (χ3n) is 4.39. The summed E-state index contributed by atoms with van der Waals surface area (Å²) in [5.74, 6) is 0. The number of rotatable bonds is 3. The highest BCUT2D eigenvalue weighted by atomic mass is 32.1. The van der Waals surface area contributed by atoms with Crippen molar-refractivity contribution in [1.29, 1.82) is 0 Å². The molecule has 2 atom stereocenters. The van der Waals surface area contributed by atoms with E-state index in [0.717, 1.165) is 36.4 Å². The van der Waals surface area contributed by atoms with Crippen LogP contribution in [0.4, 0.5) is 0 Å². The van der Waals surface area contributed by atoms with Gasteiger partial charge in [0.2, 0.25) is 0 Å². The molecule has 1 aromatic heterocycles. The van der Waals surface area contributed by atoms with Crippen LogP contribution in [-0.4, -0.2) is 22.7 Å². The molecule has 4 heteroatoms. The molecule has 2 rings (SSSR count). The number of nitrogens with two attached hydrogens (primary N) is 1. The van der Waals surface area contributed by atoms with Gasteiger partial charge in [-0.25, -0.2) is 4.98 Å². The average Bonchev–Trinajstić information content (AvgIpc) is 2.71. The molecular weight excluding hydrogens is 244 g/mol. The largest absolute Gasteiger partial charge is 0.392 e. The van der Waals surface area contributed by atoms with Gasteiger partial charge in [-0.1, -0.05) is 20.3 Å². The van der Waals surface area contributed by atoms with Gasteiger partial charge in [0.05, 0.1) is 11.1 Å². The Morgan fingerprint density at radius 3 is 2.78 bits per heavy atom. The van der Waals surface area contributed by atoms with Crippen LogP contribution < -0.4 is 5.73 Å². The summed E-state index contributed by atoms with van der Waals surface area (Å²) in [4.78, 5) is 4.53. The average molecular weight is 268 g/mol. The van der Waals surface area contributed by atoms with Crippen LogP contribution in [0.1, 0.15) is 43.8 Å². The molecule has 0 spiro atoms. The lowest BCUT2D eigenvalue weighted by Gasteiger charge is -2.49. The summed E-state index contributed by atoms with van der Waals surface area (Å²) < 4.78 is 0. The molecule has 1 heterocycles. The molecule has 18 heavy (non-hydrogen) atoms. The quantitative estimate of drug-likeness (QED) is 0.885. The second kappa shape index (κ2) is 4.91. The molecule has 0 aromatic carbocycles. The van der Waals surface area contributed by atoms with E-state index < -0.39 is 0 Å². The first-order valence-electron chi connectivity index (χ1n) is 6.69. The smallest absolute Gasteiger partial charge is 0.0935 e. The van der Waals surface area contributed by atoms with Crippen LogP contribution in [0.3, 0.4) is 0 Å². The minimum Gasteiger partial charge on any atom is -0.392 e. The van der Waals surface area contributed by atoms with Gasteiger partial charge in [-0.05, 0) is 25.2 Å². The molecule has 1 saturated carbocycles. The molecule has 0 bridgehead atoms. The normalized spacial score (nSPS) is 31.5. The number of aliphatic hydroxyl groups is 1. The Balaban J connectivity index is 2.24. The van der Waals surface area contributed by atoms with Crippen molar-refractivity contribution in [3.63, 3.8) is 0 Å². The van der Waals surface area contributed by atoms with Gasteiger partial charge in [0.25, 0.3) is 0 Å². The topological polar surface area (TPSA) is 59.1 Å². The van der Waals surface area contributed by atoms with E-state index in [2.05, 4.69) is 24.2 Å². The van der Waals surface area contributed by atoms with E-state index in [1.54, 1.807) is 11.3 Å². The predicted molar refractivity (Wildman–Crippen MR) is 75.7 cm³/mol. The first-order chi connectivity index (χ1) is 8.39. The van der Waals surface area contributed by atoms with Crippen molar-refractivity contribution in [3.8, 4) is 0 Å². The lowest BCUT2D eigenvalue weighted by molar-refractivity contribution is -0.0885. The number of aryl methyl sites for hydroxylation is 1. The van der Waals surface area contributed by atoms with Gasteiger partial charge in [-0.2, -0.15) is 0 Å². The van der Waals surface area contributed by atoms with Crippen LogP contribution in [0.15, 0.2) is 5.38 Å². The Kier molecular flexibility index (Phi) is 3.81. The summed E-state index contributed by atoms with van der Waals surface area (Å²) in [6.07, 6.45) is 3.70. The Bertz CT molecular complexity index is 416. The fourth-order valence-corrected chi connectivity index (χ4v) is 4.18. The molecular formula is C14H24N2OS. The van der Waals surface area contributed by atoms with E-state index in [1.165, 1.54) is 0 Å². The number of hydrogen-bond donors (Lipinski definition) is 2. The van der Waals surface area contributed by atoms with Crippen LogP contribution in [0.2, 0.25) is 0 Å². The highest BCUT2D eigenvalue weighted by Crippen LogP contribution is 2.47. The van der Waals surface area contributed by atoms with Crippen LogP contribution in [-0.2, 0) is 6.42 Å². The lowest BCUT2D eigenvalue weighted by atomic mass is 9.60. The summed E-state index contributed by atoms with van der Waals surface area (Å²) in [5, 5.41) is 13.9. The molecule has 1 aliphatic carbocycles. The highest BCUT2D eigenvalue weighted by Gasteiger charge is 2.48. The number of aliphatic hydroxyl groups excluding tert-OH is 1. The molecule has 1 fully saturated rings. The van der Waals surface area contributed by atoms with Gasteiger partial charge < -0.3 is 10.8 Å². The van der Waals surface area contributed by atoms with Crippen molar-refractivity contribution in [2.75, 3.05) is 6.54 Å². The van der Waals surface area contributed by atoms with Crippen LogP contribution in [0, 0.1) is 17.8 Å². The molecule has 0 saturated heterocycles. The van der Waals surface area contributed by atoms with Crippen molar-refractivity contribution in [3.05, 3.63) is 16.1 Å². The Morgan fingerprint density at radius 2 is 2.22 bits per heavy atom. The monoisotopic (exact) mass is 268 g/mol. The first-order valence-corrected chi connectivity index (χ1v) is 7.57. The first kappa shape index (κ1) is 14.0. The third kappa shape index (κ3) is 2.46. The van der Waals surface area contributed by atoms with E-state index in [4.69, 9.17) is 5.73 Å². The van der Waals surface area contributed by atoms with Crippen LogP contribution in [0.25, 0.3) is 0 Å². The maximum Gasteiger partial charge on any atom is 0.0935 e. The molecule has 0 aliphatic heterocycles. The third-order valence-corrected chi connectivity index (χ3v) is 5.36. The lowest BCUT2D eigenvalue weighted by Crippen LogP contribution is -2.53. The van der Waals surface area contributed by atoms with Crippen LogP contribution >= 0.6 is 11.3 Å². The second-order valence-corrected chi connectivity index (χ2v) is 7.31. The number of thiazole rings is 1. The zero-order chi connectivity index (χ0) is 13.4. The van der Waals surface area contributed by atoms with E-state index in [1.807, 2.05) is 6.92 Å². The summed E-state index contributed by atoms with van der Waals surface area (Å²) in [7, 11) is 0. The summed E-state index contributed by atoms with van der Waals surface area (Å²) in [6, 6.07) is 0. The Morgan fingerprint density at radius 1 is 1.50 bits per heavy atom. The predicted octanol–water partition coefficient (Wildman–Crippen LogP) is 2.51. The molecule has 1 aromatic rings. The van der Waals surface area contributed by atoms with Crippen molar-refractivity contribution < 1.29 is 5.11 Å². The number of hydrogen-bond acceptors (Lipinski definition) is 4. The van der Waals surface area contributed by atoms with Crippen molar-refractivity contribution in [2.24, 2.45) is 16.6 Å². The van der Waals surface area contributed by atoms with Gasteiger partial charge >= 0.3 is 0 Å². The van der Waals surface area contributed by atoms with E-state index in [0.29, 0.717) is 6.54 Å². The second-order valence-electron chi connectivity index (χ2n) is 6.37. The molecule has 3 nitrogen and oxygen atoms in total. The summed E-state index contributed by atoms with van der Waals surface area (Å²) in [5.41, 5.74) is 6.86. The Labute approximate surface area is 113 Å². The summed E-state index contributed by atoms with van der Waals surface area (Å²) in [6.45, 7) is 6.84. The fraction of sp³-hybridized carbons (Fsp3) is 0.786. The van der Waals surface area contributed by atoms with E-state index in [9.17, 15) is 5.11 Å². The minimum absolute atomic E-state index is 0.0378. The van der Waals surface area contributed by atoms with Gasteiger partial charge in [0, 0.05) is 29.5 Å². The maximum absolute atomic E-state index is 10.7. The molecule has 0 radical (unpaired) electrons. The zero-order valence-corrected chi connectivity index (χ0v) is 12.4. The SMILES string of the molecule is Cc1csc(CC2(CN)CCCC(C)(C)C2O)n1. The van der Waals surface area contributed by atoms with E-state index >= 15 is 0 Å². The molecule has 0 amide bonds. The van der Waals surface area contributed by atoms with Crippen LogP contribution in [0.5, 0.6) is 0 Å². The zero-order valence-electron chi connectivity index (χ0n) is 11.6. The Hall–Kier alpha value is -0.450. The molecule has 3 N–H and O–H groups in total. The standard InChI is InChI=1S/C14H24N2OS/c1-10-8-18-11(16-10)7-14(9-15)6-4-5-13(2,3)12(14)17/h8,12,17H,4-7,9,15H2,1-3H3. The highest BCUT2D eigenvalue weighted by molar-refractivity contribution is 7.09. The van der Waals surface area contributed by atoms with Crippen molar-refractivity contribution >= 4 is 11.3 Å². The molecule has 1 aliphatic rings.